The SMILES string of the molecule is CSc1nc(NC(C)O)c2c(-c3ccccc3)nn(-c3ccccc3)c2n1. The molecule has 4 rings (SSSR count). The van der Waals surface area contributed by atoms with Gasteiger partial charge in [0.25, 0.3) is 0 Å². The molecular formula is C20H19N5OS. The summed E-state index contributed by atoms with van der Waals surface area (Å²) in [6.07, 6.45) is 1.18. The Kier molecular flexibility index (Phi) is 4.79. The average Bonchev–Trinajstić information content (AvgIpc) is 3.08. The van der Waals surface area contributed by atoms with Crippen LogP contribution in [0.25, 0.3) is 28.0 Å². The van der Waals surface area contributed by atoms with Crippen molar-refractivity contribution in [2.24, 2.45) is 0 Å². The number of thioether (sulfide) groups is 1. The number of anilines is 1. The molecule has 1 unspecified atom stereocenters. The monoisotopic (exact) mass is 377 g/mol. The molecule has 0 radical (unpaired) electrons. The summed E-state index contributed by atoms with van der Waals surface area (Å²) in [6.45, 7) is 1.66. The first-order chi connectivity index (χ1) is 13.2. The highest BCUT2D eigenvalue weighted by Crippen LogP contribution is 2.34. The minimum atomic E-state index is -0.749. The lowest BCUT2D eigenvalue weighted by Crippen LogP contribution is -2.15. The van der Waals surface area contributed by atoms with E-state index in [4.69, 9.17) is 10.1 Å². The van der Waals surface area contributed by atoms with Crippen molar-refractivity contribution in [3.63, 3.8) is 0 Å². The Balaban J connectivity index is 2.07. The van der Waals surface area contributed by atoms with Gasteiger partial charge in [-0.3, -0.25) is 0 Å². The van der Waals surface area contributed by atoms with Crippen LogP contribution in [0.1, 0.15) is 6.92 Å². The molecule has 0 saturated carbocycles. The quantitative estimate of drug-likeness (QED) is 0.312. The lowest BCUT2D eigenvalue weighted by Gasteiger charge is -2.11. The van der Waals surface area contributed by atoms with Crippen LogP contribution in [0.5, 0.6) is 0 Å². The molecular weight excluding hydrogens is 358 g/mol. The number of aliphatic hydroxyl groups is 1. The molecule has 7 heteroatoms. The Hall–Kier alpha value is -2.90. The van der Waals surface area contributed by atoms with Crippen molar-refractivity contribution in [2.45, 2.75) is 18.3 Å². The van der Waals surface area contributed by atoms with E-state index in [0.29, 0.717) is 16.6 Å². The van der Waals surface area contributed by atoms with Gasteiger partial charge in [-0.15, -0.1) is 0 Å². The Morgan fingerprint density at radius 1 is 1.00 bits per heavy atom. The summed E-state index contributed by atoms with van der Waals surface area (Å²) in [6, 6.07) is 19.8. The van der Waals surface area contributed by atoms with Gasteiger partial charge in [0.1, 0.15) is 17.7 Å². The van der Waals surface area contributed by atoms with Crippen LogP contribution in [-0.4, -0.2) is 37.3 Å². The lowest BCUT2D eigenvalue weighted by molar-refractivity contribution is 0.224. The summed E-state index contributed by atoms with van der Waals surface area (Å²) in [7, 11) is 0. The van der Waals surface area contributed by atoms with Crippen LogP contribution in [0.3, 0.4) is 0 Å². The molecule has 0 fully saturated rings. The van der Waals surface area contributed by atoms with Crippen molar-refractivity contribution in [1.82, 2.24) is 19.7 Å². The Bertz CT molecular complexity index is 1060. The molecule has 2 heterocycles. The fourth-order valence-electron chi connectivity index (χ4n) is 2.94. The van der Waals surface area contributed by atoms with Crippen molar-refractivity contribution in [3.05, 3.63) is 60.7 Å². The molecule has 4 aromatic rings. The average molecular weight is 377 g/mol. The minimum absolute atomic E-state index is 0.570. The molecule has 136 valence electrons. The first kappa shape index (κ1) is 17.5. The van der Waals surface area contributed by atoms with E-state index < -0.39 is 6.23 Å². The Morgan fingerprint density at radius 3 is 2.30 bits per heavy atom. The number of fused-ring (bicyclic) bond motifs is 1. The van der Waals surface area contributed by atoms with Crippen LogP contribution in [0.4, 0.5) is 5.82 Å². The number of aromatic nitrogens is 4. The number of para-hydroxylation sites is 1. The number of hydrogen-bond acceptors (Lipinski definition) is 6. The molecule has 0 aliphatic carbocycles. The van der Waals surface area contributed by atoms with Gasteiger partial charge in [-0.25, -0.2) is 14.6 Å². The molecule has 0 bridgehead atoms. The van der Waals surface area contributed by atoms with Crippen LogP contribution in [0, 0.1) is 0 Å². The fraction of sp³-hybridized carbons (Fsp3) is 0.150. The standard InChI is InChI=1S/C20H19N5OS/c1-13(26)21-18-16-17(14-9-5-3-6-10-14)24-25(15-11-7-4-8-12-15)19(16)23-20(22-18)27-2/h3-13,26H,1-2H3,(H,21,22,23). The number of hydrogen-bond donors (Lipinski definition) is 2. The van der Waals surface area contributed by atoms with Gasteiger partial charge in [-0.2, -0.15) is 5.10 Å². The van der Waals surface area contributed by atoms with Crippen LogP contribution in [0.15, 0.2) is 65.8 Å². The van der Waals surface area contributed by atoms with Gasteiger partial charge >= 0.3 is 0 Å². The van der Waals surface area contributed by atoms with Crippen LogP contribution < -0.4 is 5.32 Å². The third-order valence-electron chi connectivity index (χ3n) is 4.08. The molecule has 0 saturated heterocycles. The van der Waals surface area contributed by atoms with Gasteiger partial charge in [0, 0.05) is 5.56 Å². The van der Waals surface area contributed by atoms with E-state index in [-0.39, 0.29) is 0 Å². The topological polar surface area (TPSA) is 75.9 Å². The summed E-state index contributed by atoms with van der Waals surface area (Å²) < 4.78 is 1.83. The van der Waals surface area contributed by atoms with Crippen LogP contribution in [-0.2, 0) is 0 Å². The molecule has 1 atom stereocenters. The first-order valence-electron chi connectivity index (χ1n) is 8.57. The highest BCUT2D eigenvalue weighted by Gasteiger charge is 2.21. The molecule has 0 aliphatic heterocycles. The normalized spacial score (nSPS) is 12.3. The maximum absolute atomic E-state index is 9.91. The van der Waals surface area contributed by atoms with E-state index in [2.05, 4.69) is 10.3 Å². The summed E-state index contributed by atoms with van der Waals surface area (Å²) in [5, 5.41) is 19.2. The van der Waals surface area contributed by atoms with Crippen molar-refractivity contribution >= 4 is 28.6 Å². The molecule has 0 amide bonds. The van der Waals surface area contributed by atoms with Crippen molar-refractivity contribution in [1.29, 1.82) is 0 Å². The molecule has 0 aliphatic rings. The van der Waals surface area contributed by atoms with Crippen molar-refractivity contribution in [2.75, 3.05) is 11.6 Å². The maximum atomic E-state index is 9.91. The van der Waals surface area contributed by atoms with E-state index in [0.717, 1.165) is 22.3 Å². The van der Waals surface area contributed by atoms with Gasteiger partial charge in [0.2, 0.25) is 0 Å². The number of aliphatic hydroxyl groups excluding tert-OH is 1. The molecule has 2 aromatic carbocycles. The Labute approximate surface area is 161 Å². The summed E-state index contributed by atoms with van der Waals surface area (Å²) in [5.74, 6) is 0.570. The van der Waals surface area contributed by atoms with Gasteiger partial charge < -0.3 is 10.4 Å². The summed E-state index contributed by atoms with van der Waals surface area (Å²) >= 11 is 1.45. The predicted molar refractivity (Wildman–Crippen MR) is 109 cm³/mol. The van der Waals surface area contributed by atoms with Gasteiger partial charge in [-0.1, -0.05) is 60.3 Å². The highest BCUT2D eigenvalue weighted by atomic mass is 32.2. The zero-order chi connectivity index (χ0) is 18.8. The lowest BCUT2D eigenvalue weighted by atomic mass is 10.1. The van der Waals surface area contributed by atoms with E-state index in [1.807, 2.05) is 71.6 Å². The third kappa shape index (κ3) is 3.39. The summed E-state index contributed by atoms with van der Waals surface area (Å²) in [4.78, 5) is 9.29. The minimum Gasteiger partial charge on any atom is -0.374 e. The zero-order valence-electron chi connectivity index (χ0n) is 15.0. The van der Waals surface area contributed by atoms with E-state index in [1.54, 1.807) is 6.92 Å². The summed E-state index contributed by atoms with van der Waals surface area (Å²) in [5.41, 5.74) is 3.34. The number of nitrogens with one attached hydrogen (secondary N) is 1. The van der Waals surface area contributed by atoms with E-state index in [1.165, 1.54) is 11.8 Å². The fourth-order valence-corrected chi connectivity index (χ4v) is 3.30. The molecule has 2 aromatic heterocycles. The first-order valence-corrected chi connectivity index (χ1v) is 9.80. The van der Waals surface area contributed by atoms with E-state index in [9.17, 15) is 5.11 Å². The van der Waals surface area contributed by atoms with Crippen LogP contribution >= 0.6 is 11.8 Å². The smallest absolute Gasteiger partial charge is 0.191 e. The molecule has 0 spiro atoms. The largest absolute Gasteiger partial charge is 0.374 e. The zero-order valence-corrected chi connectivity index (χ0v) is 15.8. The van der Waals surface area contributed by atoms with Crippen LogP contribution in [0.2, 0.25) is 0 Å². The second kappa shape index (κ2) is 7.38. The number of rotatable bonds is 5. The highest BCUT2D eigenvalue weighted by molar-refractivity contribution is 7.98. The second-order valence-electron chi connectivity index (χ2n) is 6.04. The van der Waals surface area contributed by atoms with Gasteiger partial charge in [0.15, 0.2) is 10.8 Å². The van der Waals surface area contributed by atoms with E-state index >= 15 is 0 Å². The maximum Gasteiger partial charge on any atom is 0.191 e. The molecule has 27 heavy (non-hydrogen) atoms. The predicted octanol–water partition coefficient (Wildman–Crippen LogP) is 3.95. The van der Waals surface area contributed by atoms with Gasteiger partial charge in [0.05, 0.1) is 11.1 Å². The second-order valence-corrected chi connectivity index (χ2v) is 6.81. The third-order valence-corrected chi connectivity index (χ3v) is 4.63. The molecule has 6 nitrogen and oxygen atoms in total. The van der Waals surface area contributed by atoms with Gasteiger partial charge in [-0.05, 0) is 25.3 Å². The molecule has 2 N–H and O–H groups in total. The van der Waals surface area contributed by atoms with Crippen molar-refractivity contribution < 1.29 is 5.11 Å². The van der Waals surface area contributed by atoms with Crippen molar-refractivity contribution in [3.8, 4) is 16.9 Å². The number of benzene rings is 2. The Morgan fingerprint density at radius 2 is 1.67 bits per heavy atom. The number of nitrogens with zero attached hydrogens (tertiary/aromatic N) is 4.